The number of alkyl halides is 3. The Morgan fingerprint density at radius 1 is 1.00 bits per heavy atom. The van der Waals surface area contributed by atoms with Gasteiger partial charge in [0.05, 0.1) is 0 Å². The maximum atomic E-state index is 12.4. The molecule has 0 radical (unpaired) electrons. The molecule has 1 aliphatic heterocycles. The number of hydrogen-bond acceptors (Lipinski definition) is 4. The van der Waals surface area contributed by atoms with E-state index in [1.807, 2.05) is 25.1 Å². The lowest BCUT2D eigenvalue weighted by atomic mass is 9.77. The molecule has 1 saturated heterocycles. The van der Waals surface area contributed by atoms with E-state index in [0.29, 0.717) is 12.8 Å². The Kier molecular flexibility index (Phi) is 7.59. The number of nitrogens with two attached hydrogens (primary N) is 1. The highest BCUT2D eigenvalue weighted by Crippen LogP contribution is 2.33. The molecule has 1 heterocycles. The smallest absolute Gasteiger partial charge is 0.461 e. The van der Waals surface area contributed by atoms with Crippen LogP contribution in [-0.4, -0.2) is 24.5 Å². The average molecular weight is 435 g/mol. The second-order valence-electron chi connectivity index (χ2n) is 8.19. The van der Waals surface area contributed by atoms with Gasteiger partial charge in [-0.1, -0.05) is 48.9 Å². The normalized spacial score (nSPS) is 25.1. The van der Waals surface area contributed by atoms with Gasteiger partial charge in [-0.3, -0.25) is 4.79 Å². The van der Waals surface area contributed by atoms with Crippen LogP contribution in [0.4, 0.5) is 13.2 Å². The van der Waals surface area contributed by atoms with Crippen LogP contribution in [0.15, 0.2) is 54.6 Å². The van der Waals surface area contributed by atoms with Gasteiger partial charge in [-0.15, -0.1) is 13.2 Å². The van der Waals surface area contributed by atoms with Crippen molar-refractivity contribution in [1.29, 1.82) is 0 Å². The third-order valence-electron chi connectivity index (χ3n) is 5.87. The highest BCUT2D eigenvalue weighted by atomic mass is 19.4. The van der Waals surface area contributed by atoms with E-state index in [1.54, 1.807) is 12.1 Å². The molecule has 4 atom stereocenters. The molecular formula is C24H28F3NO3. The Morgan fingerprint density at radius 2 is 1.65 bits per heavy atom. The summed E-state index contributed by atoms with van der Waals surface area (Å²) >= 11 is 0. The molecule has 0 aromatic heterocycles. The largest absolute Gasteiger partial charge is 0.573 e. The van der Waals surface area contributed by atoms with Crippen LogP contribution in [0.5, 0.6) is 5.75 Å². The minimum Gasteiger partial charge on any atom is -0.461 e. The summed E-state index contributed by atoms with van der Waals surface area (Å²) in [4.78, 5) is 12.3. The molecule has 168 valence electrons. The van der Waals surface area contributed by atoms with Gasteiger partial charge in [0.1, 0.15) is 17.9 Å². The van der Waals surface area contributed by atoms with Gasteiger partial charge >= 0.3 is 12.3 Å². The predicted molar refractivity (Wildman–Crippen MR) is 111 cm³/mol. The van der Waals surface area contributed by atoms with Gasteiger partial charge in [0.2, 0.25) is 0 Å². The monoisotopic (exact) mass is 435 g/mol. The highest BCUT2D eigenvalue weighted by molar-refractivity contribution is 5.75. The molecule has 0 aliphatic carbocycles. The van der Waals surface area contributed by atoms with Crippen LogP contribution >= 0.6 is 0 Å². The zero-order valence-corrected chi connectivity index (χ0v) is 17.5. The van der Waals surface area contributed by atoms with E-state index in [0.717, 1.165) is 24.8 Å². The number of carbonyl (C=O) groups is 1. The van der Waals surface area contributed by atoms with E-state index in [4.69, 9.17) is 10.5 Å². The summed E-state index contributed by atoms with van der Waals surface area (Å²) < 4.78 is 47.0. The van der Waals surface area contributed by atoms with Crippen molar-refractivity contribution in [1.82, 2.24) is 0 Å². The number of ether oxygens (including phenoxy) is 2. The fraction of sp³-hybridized carbons (Fsp3) is 0.458. The molecule has 3 rings (SSSR count). The Labute approximate surface area is 180 Å². The van der Waals surface area contributed by atoms with Crippen LogP contribution in [0.2, 0.25) is 0 Å². The van der Waals surface area contributed by atoms with Crippen LogP contribution in [0.3, 0.4) is 0 Å². The zero-order chi connectivity index (χ0) is 22.4. The quantitative estimate of drug-likeness (QED) is 0.668. The van der Waals surface area contributed by atoms with Crippen molar-refractivity contribution in [2.75, 3.05) is 0 Å². The predicted octanol–water partition coefficient (Wildman–Crippen LogP) is 5.05. The molecule has 0 spiro atoms. The van der Waals surface area contributed by atoms with Gasteiger partial charge in [-0.2, -0.15) is 0 Å². The molecule has 2 N–H and O–H groups in total. The van der Waals surface area contributed by atoms with E-state index < -0.39 is 18.4 Å². The second-order valence-corrected chi connectivity index (χ2v) is 8.19. The van der Waals surface area contributed by atoms with Crippen molar-refractivity contribution in [3.8, 4) is 5.75 Å². The summed E-state index contributed by atoms with van der Waals surface area (Å²) in [6.07, 6.45) is -1.39. The van der Waals surface area contributed by atoms with Gasteiger partial charge in [0.15, 0.2) is 0 Å². The molecule has 2 aromatic carbocycles. The molecule has 0 saturated carbocycles. The minimum atomic E-state index is -4.72. The minimum absolute atomic E-state index is 0.00356. The van der Waals surface area contributed by atoms with Gasteiger partial charge in [0, 0.05) is 5.92 Å². The molecule has 4 nitrogen and oxygen atoms in total. The summed E-state index contributed by atoms with van der Waals surface area (Å²) in [6, 6.07) is 15.4. The Hall–Kier alpha value is -2.54. The lowest BCUT2D eigenvalue weighted by Crippen LogP contribution is -2.37. The van der Waals surface area contributed by atoms with Crippen molar-refractivity contribution in [2.24, 2.45) is 17.6 Å². The fourth-order valence-electron chi connectivity index (χ4n) is 4.28. The molecule has 1 aliphatic rings. The molecule has 7 heteroatoms. The molecule has 0 bridgehead atoms. The van der Waals surface area contributed by atoms with Crippen molar-refractivity contribution in [2.45, 2.75) is 57.5 Å². The lowest BCUT2D eigenvalue weighted by molar-refractivity contribution is -0.274. The van der Waals surface area contributed by atoms with E-state index in [1.165, 1.54) is 17.7 Å². The highest BCUT2D eigenvalue weighted by Gasteiger charge is 2.33. The Bertz CT molecular complexity index is 839. The Morgan fingerprint density at radius 3 is 2.29 bits per heavy atom. The third kappa shape index (κ3) is 6.99. The summed E-state index contributed by atoms with van der Waals surface area (Å²) in [5, 5.41) is 0. The first-order valence-electron chi connectivity index (χ1n) is 10.6. The first-order chi connectivity index (χ1) is 14.7. The number of hydrogen-bond donors (Lipinski definition) is 1. The first kappa shape index (κ1) is 23.1. The summed E-state index contributed by atoms with van der Waals surface area (Å²) in [6.45, 7) is 1.87. The fourth-order valence-corrected chi connectivity index (χ4v) is 4.28. The lowest BCUT2D eigenvalue weighted by Gasteiger charge is -2.31. The van der Waals surface area contributed by atoms with Crippen LogP contribution < -0.4 is 10.5 Å². The van der Waals surface area contributed by atoms with E-state index in [2.05, 4.69) is 16.9 Å². The summed E-state index contributed by atoms with van der Waals surface area (Å²) in [5.41, 5.74) is 8.03. The topological polar surface area (TPSA) is 61.5 Å². The Balaban J connectivity index is 1.82. The van der Waals surface area contributed by atoms with Crippen LogP contribution in [0.25, 0.3) is 0 Å². The second kappa shape index (κ2) is 10.2. The molecule has 0 amide bonds. The van der Waals surface area contributed by atoms with Crippen LogP contribution in [-0.2, 0) is 22.4 Å². The number of halogens is 3. The molecule has 1 fully saturated rings. The van der Waals surface area contributed by atoms with Gasteiger partial charge in [-0.05, 0) is 61.8 Å². The molecular weight excluding hydrogens is 407 g/mol. The number of benzene rings is 2. The standard InChI is InChI=1S/C24H28F3NO3/c1-16-21(15-18-10-12-20(13-11-18)31-24(25,26)27)19(14-17-6-3-2-4-7-17)8-5-9-22(28)23(29)30-16/h2-4,6-7,10-13,16,19,21-22H,5,8-9,14-15,28H2,1H3/t16-,19+,21-,22-/m0/s1. The van der Waals surface area contributed by atoms with Gasteiger partial charge in [0.25, 0.3) is 0 Å². The molecule has 0 unspecified atom stereocenters. The van der Waals surface area contributed by atoms with E-state index in [-0.39, 0.29) is 23.7 Å². The maximum Gasteiger partial charge on any atom is 0.573 e. The molecule has 2 aromatic rings. The number of rotatable bonds is 5. The van der Waals surface area contributed by atoms with Gasteiger partial charge < -0.3 is 15.2 Å². The van der Waals surface area contributed by atoms with E-state index >= 15 is 0 Å². The van der Waals surface area contributed by atoms with Crippen molar-refractivity contribution >= 4 is 5.97 Å². The first-order valence-corrected chi connectivity index (χ1v) is 10.6. The SMILES string of the molecule is C[C@@H]1OC(=O)[C@@H](N)CCC[C@H](Cc2ccccc2)[C@H]1Cc1ccc(OC(F)(F)F)cc1. The number of carbonyl (C=O) groups excluding carboxylic acids is 1. The number of cyclic esters (lactones) is 1. The molecule has 31 heavy (non-hydrogen) atoms. The van der Waals surface area contributed by atoms with Crippen LogP contribution in [0, 0.1) is 11.8 Å². The van der Waals surface area contributed by atoms with Gasteiger partial charge in [-0.25, -0.2) is 0 Å². The summed E-state index contributed by atoms with van der Waals surface area (Å²) in [7, 11) is 0. The van der Waals surface area contributed by atoms with Crippen LogP contribution in [0.1, 0.15) is 37.3 Å². The van der Waals surface area contributed by atoms with Crippen molar-refractivity contribution in [3.05, 3.63) is 65.7 Å². The van der Waals surface area contributed by atoms with E-state index in [9.17, 15) is 18.0 Å². The zero-order valence-electron chi connectivity index (χ0n) is 17.5. The summed E-state index contributed by atoms with van der Waals surface area (Å²) in [5.74, 6) is -0.408. The average Bonchev–Trinajstić information content (AvgIpc) is 2.75. The van der Waals surface area contributed by atoms with Crippen molar-refractivity contribution < 1.29 is 27.4 Å². The maximum absolute atomic E-state index is 12.4. The third-order valence-corrected chi connectivity index (χ3v) is 5.87. The number of esters is 1. The van der Waals surface area contributed by atoms with Crippen molar-refractivity contribution in [3.63, 3.8) is 0 Å².